The average molecular weight is 370 g/mol. The number of aliphatic hydroxyl groups excluding tert-OH is 3. The van der Waals surface area contributed by atoms with Gasteiger partial charge in [-0.1, -0.05) is 12.1 Å². The highest BCUT2D eigenvalue weighted by Crippen LogP contribution is 2.28. The van der Waals surface area contributed by atoms with Crippen molar-refractivity contribution < 1.29 is 24.5 Å². The number of hydrogen-bond donors (Lipinski definition) is 4. The van der Waals surface area contributed by atoms with Gasteiger partial charge in [-0.05, 0) is 48.4 Å². The molecule has 0 bridgehead atoms. The van der Waals surface area contributed by atoms with Gasteiger partial charge in [0, 0.05) is 5.56 Å². The SMILES string of the molecule is NC(CO)(CO)CC(O)c1ccc(Oc2ccc(-c3cocn3)cc2)cc1. The molecule has 27 heavy (non-hydrogen) atoms. The van der Waals surface area contributed by atoms with E-state index in [2.05, 4.69) is 4.98 Å². The van der Waals surface area contributed by atoms with Gasteiger partial charge in [0.05, 0.1) is 24.9 Å². The molecule has 0 spiro atoms. The Kier molecular flexibility index (Phi) is 5.88. The van der Waals surface area contributed by atoms with Gasteiger partial charge >= 0.3 is 0 Å². The molecule has 1 atom stereocenters. The average Bonchev–Trinajstić information content (AvgIpc) is 3.24. The lowest BCUT2D eigenvalue weighted by molar-refractivity contribution is 0.0618. The Morgan fingerprint density at radius 2 is 1.59 bits per heavy atom. The van der Waals surface area contributed by atoms with Crippen LogP contribution in [0.4, 0.5) is 0 Å². The molecule has 7 heteroatoms. The molecule has 0 aliphatic carbocycles. The van der Waals surface area contributed by atoms with Crippen LogP contribution in [0.1, 0.15) is 18.1 Å². The summed E-state index contributed by atoms with van der Waals surface area (Å²) in [6.45, 7) is -0.821. The van der Waals surface area contributed by atoms with E-state index in [-0.39, 0.29) is 6.42 Å². The van der Waals surface area contributed by atoms with Gasteiger partial charge in [-0.25, -0.2) is 4.98 Å². The molecule has 0 aliphatic heterocycles. The van der Waals surface area contributed by atoms with Gasteiger partial charge in [-0.3, -0.25) is 0 Å². The van der Waals surface area contributed by atoms with Gasteiger partial charge in [0.2, 0.25) is 0 Å². The summed E-state index contributed by atoms with van der Waals surface area (Å²) in [6.07, 6.45) is 2.10. The summed E-state index contributed by atoms with van der Waals surface area (Å²) in [5.74, 6) is 1.28. The number of ether oxygens (including phenoxy) is 1. The fourth-order valence-corrected chi connectivity index (χ4v) is 2.62. The normalized spacial score (nSPS) is 12.7. The zero-order valence-corrected chi connectivity index (χ0v) is 14.7. The minimum Gasteiger partial charge on any atom is -0.457 e. The van der Waals surface area contributed by atoms with Gasteiger partial charge in [-0.15, -0.1) is 0 Å². The molecule has 0 saturated carbocycles. The Morgan fingerprint density at radius 1 is 1.00 bits per heavy atom. The molecular formula is C20H22N2O5. The lowest BCUT2D eigenvalue weighted by atomic mass is 9.92. The van der Waals surface area contributed by atoms with Crippen LogP contribution in [0.2, 0.25) is 0 Å². The number of nitrogens with two attached hydrogens (primary N) is 1. The van der Waals surface area contributed by atoms with Gasteiger partial charge in [0.1, 0.15) is 23.5 Å². The predicted octanol–water partition coefficient (Wildman–Crippen LogP) is 2.24. The number of hydrogen-bond acceptors (Lipinski definition) is 7. The van der Waals surface area contributed by atoms with E-state index in [1.807, 2.05) is 24.3 Å². The molecule has 142 valence electrons. The Hall–Kier alpha value is -2.71. The molecule has 0 saturated heterocycles. The van der Waals surface area contributed by atoms with E-state index in [1.54, 1.807) is 30.5 Å². The van der Waals surface area contributed by atoms with Crippen LogP contribution >= 0.6 is 0 Å². The molecule has 1 heterocycles. The van der Waals surface area contributed by atoms with Gasteiger partial charge in [-0.2, -0.15) is 0 Å². The first-order valence-electron chi connectivity index (χ1n) is 8.48. The lowest BCUT2D eigenvalue weighted by Crippen LogP contribution is -2.48. The number of aromatic nitrogens is 1. The van der Waals surface area contributed by atoms with Crippen LogP contribution in [0, 0.1) is 0 Å². The monoisotopic (exact) mass is 370 g/mol. The van der Waals surface area contributed by atoms with Crippen LogP contribution in [0.5, 0.6) is 11.5 Å². The number of benzene rings is 2. The maximum absolute atomic E-state index is 10.3. The fraction of sp³-hybridized carbons (Fsp3) is 0.250. The molecule has 0 aliphatic rings. The van der Waals surface area contributed by atoms with Crippen molar-refractivity contribution in [1.29, 1.82) is 0 Å². The molecule has 1 unspecified atom stereocenters. The van der Waals surface area contributed by atoms with Crippen LogP contribution in [0.25, 0.3) is 11.3 Å². The zero-order chi connectivity index (χ0) is 19.3. The van der Waals surface area contributed by atoms with E-state index in [9.17, 15) is 15.3 Å². The number of oxazole rings is 1. The maximum Gasteiger partial charge on any atom is 0.181 e. The smallest absolute Gasteiger partial charge is 0.181 e. The van der Waals surface area contributed by atoms with E-state index in [0.29, 0.717) is 17.1 Å². The summed E-state index contributed by atoms with van der Waals surface area (Å²) < 4.78 is 10.8. The third kappa shape index (κ3) is 4.72. The first-order chi connectivity index (χ1) is 13.0. The van der Waals surface area contributed by atoms with Crippen molar-refractivity contribution in [1.82, 2.24) is 4.98 Å². The topological polar surface area (TPSA) is 122 Å². The van der Waals surface area contributed by atoms with Crippen molar-refractivity contribution in [3.05, 3.63) is 66.8 Å². The zero-order valence-electron chi connectivity index (χ0n) is 14.7. The Labute approximate surface area is 156 Å². The summed E-state index contributed by atoms with van der Waals surface area (Å²) in [6, 6.07) is 14.3. The molecule has 3 aromatic rings. The van der Waals surface area contributed by atoms with Crippen molar-refractivity contribution in [3.63, 3.8) is 0 Å². The Balaban J connectivity index is 1.63. The summed E-state index contributed by atoms with van der Waals surface area (Å²) in [7, 11) is 0. The van der Waals surface area contributed by atoms with E-state index in [0.717, 1.165) is 11.3 Å². The van der Waals surface area contributed by atoms with Crippen molar-refractivity contribution in [2.24, 2.45) is 5.73 Å². The minimum absolute atomic E-state index is 0.0454. The third-order valence-electron chi connectivity index (χ3n) is 4.31. The Morgan fingerprint density at radius 3 is 2.11 bits per heavy atom. The van der Waals surface area contributed by atoms with Crippen molar-refractivity contribution in [2.75, 3.05) is 13.2 Å². The molecule has 0 radical (unpaired) electrons. The fourth-order valence-electron chi connectivity index (χ4n) is 2.62. The second kappa shape index (κ2) is 8.32. The highest BCUT2D eigenvalue weighted by Gasteiger charge is 2.27. The first-order valence-corrected chi connectivity index (χ1v) is 8.48. The molecule has 2 aromatic carbocycles. The summed E-state index contributed by atoms with van der Waals surface area (Å²) in [5, 5.41) is 28.8. The largest absolute Gasteiger partial charge is 0.457 e. The van der Waals surface area contributed by atoms with Crippen LogP contribution < -0.4 is 10.5 Å². The minimum atomic E-state index is -1.22. The van der Waals surface area contributed by atoms with E-state index < -0.39 is 24.9 Å². The van der Waals surface area contributed by atoms with E-state index >= 15 is 0 Å². The third-order valence-corrected chi connectivity index (χ3v) is 4.31. The number of aliphatic hydroxyl groups is 3. The predicted molar refractivity (Wildman–Crippen MR) is 99.1 cm³/mol. The second-order valence-electron chi connectivity index (χ2n) is 6.47. The second-order valence-corrected chi connectivity index (χ2v) is 6.47. The Bertz CT molecular complexity index is 828. The molecule has 0 fully saturated rings. The summed E-state index contributed by atoms with van der Waals surface area (Å²) >= 11 is 0. The van der Waals surface area contributed by atoms with Crippen molar-refractivity contribution >= 4 is 0 Å². The quantitative estimate of drug-likeness (QED) is 0.480. The summed E-state index contributed by atoms with van der Waals surface area (Å²) in [5.41, 5.74) is 6.90. The van der Waals surface area contributed by atoms with Crippen molar-refractivity contribution in [2.45, 2.75) is 18.1 Å². The van der Waals surface area contributed by atoms with E-state index in [1.165, 1.54) is 6.39 Å². The summed E-state index contributed by atoms with van der Waals surface area (Å²) in [4.78, 5) is 4.09. The maximum atomic E-state index is 10.3. The molecule has 7 nitrogen and oxygen atoms in total. The number of rotatable bonds is 8. The van der Waals surface area contributed by atoms with E-state index in [4.69, 9.17) is 14.9 Å². The number of nitrogens with zero attached hydrogens (tertiary/aromatic N) is 1. The first kappa shape index (κ1) is 19.1. The standard InChI is InChI=1S/C20H22N2O5/c21-20(11-23,12-24)9-19(25)15-3-7-17(8-4-15)27-16-5-1-14(2-6-16)18-10-26-13-22-18/h1-8,10,13,19,23-25H,9,11-12,21H2. The molecule has 5 N–H and O–H groups in total. The molecule has 0 amide bonds. The van der Waals surface area contributed by atoms with Crippen LogP contribution in [-0.4, -0.2) is 39.1 Å². The molecule has 3 rings (SSSR count). The van der Waals surface area contributed by atoms with Gasteiger partial charge < -0.3 is 30.2 Å². The lowest BCUT2D eigenvalue weighted by Gasteiger charge is -2.27. The van der Waals surface area contributed by atoms with Crippen LogP contribution in [0.3, 0.4) is 0 Å². The molecule has 1 aromatic heterocycles. The van der Waals surface area contributed by atoms with Gasteiger partial charge in [0.25, 0.3) is 0 Å². The van der Waals surface area contributed by atoms with Crippen LogP contribution in [-0.2, 0) is 0 Å². The molecular weight excluding hydrogens is 348 g/mol. The highest BCUT2D eigenvalue weighted by atomic mass is 16.5. The van der Waals surface area contributed by atoms with Gasteiger partial charge in [0.15, 0.2) is 6.39 Å². The highest BCUT2D eigenvalue weighted by molar-refractivity contribution is 5.58. The van der Waals surface area contributed by atoms with Crippen LogP contribution in [0.15, 0.2) is 65.6 Å². The van der Waals surface area contributed by atoms with Crippen molar-refractivity contribution in [3.8, 4) is 22.8 Å².